The number of thiophene rings is 1. The van der Waals surface area contributed by atoms with Crippen LogP contribution < -0.4 is 10.0 Å². The summed E-state index contributed by atoms with van der Waals surface area (Å²) >= 11 is 7.12. The maximum absolute atomic E-state index is 13.3. The Morgan fingerprint density at radius 3 is 2.76 bits per heavy atom. The van der Waals surface area contributed by atoms with E-state index in [1.165, 1.54) is 33.6 Å². The molecule has 11 nitrogen and oxygen atoms in total. The Bertz CT molecular complexity index is 1560. The number of aromatic nitrogens is 1. The lowest BCUT2D eigenvalue weighted by atomic mass is 10.1. The van der Waals surface area contributed by atoms with Crippen LogP contribution >= 0.6 is 22.9 Å². The lowest BCUT2D eigenvalue weighted by molar-refractivity contribution is -0.144. The first-order valence-corrected chi connectivity index (χ1v) is 15.8. The summed E-state index contributed by atoms with van der Waals surface area (Å²) in [7, 11) is -3.91. The number of nitrogens with one attached hydrogen (secondary N) is 2. The van der Waals surface area contributed by atoms with Crippen molar-refractivity contribution in [1.29, 1.82) is 0 Å². The minimum atomic E-state index is -3.91. The minimum Gasteiger partial charge on any atom is -0.444 e. The van der Waals surface area contributed by atoms with E-state index in [4.69, 9.17) is 16.0 Å². The van der Waals surface area contributed by atoms with Crippen molar-refractivity contribution in [2.45, 2.75) is 37.8 Å². The SMILES string of the molecule is O=C(Nc1cccc(-c2cnco2)c1)[C@@H]1CCCN1C(=O)CN1CCC[C@H](NS(=O)(=O)/C=C/c2ccc(Cl)s2)C1=O. The van der Waals surface area contributed by atoms with Crippen LogP contribution in [0.25, 0.3) is 17.4 Å². The van der Waals surface area contributed by atoms with E-state index in [0.29, 0.717) is 59.4 Å². The Kier molecular flexibility index (Phi) is 8.88. The maximum atomic E-state index is 13.3. The van der Waals surface area contributed by atoms with Crippen molar-refractivity contribution in [3.63, 3.8) is 0 Å². The van der Waals surface area contributed by atoms with Gasteiger partial charge in [0.25, 0.3) is 0 Å². The van der Waals surface area contributed by atoms with Gasteiger partial charge >= 0.3 is 0 Å². The molecule has 0 spiro atoms. The molecule has 0 aliphatic carbocycles. The van der Waals surface area contributed by atoms with E-state index in [1.54, 1.807) is 36.5 Å². The highest BCUT2D eigenvalue weighted by molar-refractivity contribution is 7.92. The first-order valence-electron chi connectivity index (χ1n) is 13.0. The van der Waals surface area contributed by atoms with E-state index < -0.39 is 28.0 Å². The largest absolute Gasteiger partial charge is 0.444 e. The predicted molar refractivity (Wildman–Crippen MR) is 155 cm³/mol. The molecule has 216 valence electrons. The molecule has 2 aliphatic rings. The van der Waals surface area contributed by atoms with Gasteiger partial charge in [0.05, 0.1) is 17.1 Å². The molecule has 5 rings (SSSR count). The quantitative estimate of drug-likeness (QED) is 0.374. The summed E-state index contributed by atoms with van der Waals surface area (Å²) in [6.07, 6.45) is 6.32. The highest BCUT2D eigenvalue weighted by atomic mass is 35.5. The van der Waals surface area contributed by atoms with E-state index in [2.05, 4.69) is 15.0 Å². The van der Waals surface area contributed by atoms with Gasteiger partial charge in [0, 0.05) is 34.6 Å². The zero-order valence-corrected chi connectivity index (χ0v) is 24.3. The van der Waals surface area contributed by atoms with Gasteiger partial charge in [0.2, 0.25) is 27.7 Å². The molecular weight excluding hydrogens is 590 g/mol. The average molecular weight is 618 g/mol. The second-order valence-electron chi connectivity index (χ2n) is 9.74. The first kappa shape index (κ1) is 29.0. The van der Waals surface area contributed by atoms with Crippen molar-refractivity contribution >= 4 is 62.4 Å². The molecule has 3 aromatic rings. The zero-order chi connectivity index (χ0) is 29.0. The van der Waals surface area contributed by atoms with Crippen molar-refractivity contribution in [2.24, 2.45) is 0 Å². The lowest BCUT2D eigenvalue weighted by Gasteiger charge is -2.33. The molecule has 0 radical (unpaired) electrons. The molecule has 14 heteroatoms. The number of halogens is 1. The van der Waals surface area contributed by atoms with Gasteiger partial charge in [0.15, 0.2) is 12.2 Å². The van der Waals surface area contributed by atoms with Gasteiger partial charge < -0.3 is 19.5 Å². The van der Waals surface area contributed by atoms with E-state index in [-0.39, 0.29) is 18.4 Å². The van der Waals surface area contributed by atoms with Crippen molar-refractivity contribution < 1.29 is 27.2 Å². The second kappa shape index (κ2) is 12.6. The molecule has 2 aliphatic heterocycles. The van der Waals surface area contributed by atoms with Crippen LogP contribution in [0.4, 0.5) is 5.69 Å². The predicted octanol–water partition coefficient (Wildman–Crippen LogP) is 3.57. The van der Waals surface area contributed by atoms with Crippen molar-refractivity contribution in [3.05, 3.63) is 63.6 Å². The molecule has 41 heavy (non-hydrogen) atoms. The van der Waals surface area contributed by atoms with E-state index in [0.717, 1.165) is 11.0 Å². The molecule has 2 atom stereocenters. The van der Waals surface area contributed by atoms with Crippen LogP contribution in [0, 0.1) is 0 Å². The molecule has 4 heterocycles. The summed E-state index contributed by atoms with van der Waals surface area (Å²) in [4.78, 5) is 46.9. The Labute approximate surface area is 246 Å². The van der Waals surface area contributed by atoms with Crippen LogP contribution in [0.15, 0.2) is 58.8 Å². The minimum absolute atomic E-state index is 0.231. The first-order chi connectivity index (χ1) is 19.7. The number of nitrogens with zero attached hydrogens (tertiary/aromatic N) is 3. The van der Waals surface area contributed by atoms with Crippen molar-refractivity contribution in [3.8, 4) is 11.3 Å². The normalized spacial score (nSPS) is 19.7. The molecule has 3 amide bonds. The summed E-state index contributed by atoms with van der Waals surface area (Å²) in [5, 5.41) is 3.88. The van der Waals surface area contributed by atoms with Crippen molar-refractivity contribution in [2.75, 3.05) is 25.0 Å². The van der Waals surface area contributed by atoms with E-state index in [9.17, 15) is 22.8 Å². The van der Waals surface area contributed by atoms with Crippen LogP contribution in [0.1, 0.15) is 30.6 Å². The number of amides is 3. The molecule has 2 N–H and O–H groups in total. The third-order valence-electron chi connectivity index (χ3n) is 6.89. The number of oxazole rings is 1. The number of hydrogen-bond acceptors (Lipinski definition) is 8. The fourth-order valence-electron chi connectivity index (χ4n) is 4.94. The van der Waals surface area contributed by atoms with Crippen molar-refractivity contribution in [1.82, 2.24) is 19.5 Å². The highest BCUT2D eigenvalue weighted by Crippen LogP contribution is 2.25. The Morgan fingerprint density at radius 2 is 2.00 bits per heavy atom. The summed E-state index contributed by atoms with van der Waals surface area (Å²) in [5.41, 5.74) is 1.31. The van der Waals surface area contributed by atoms with Crippen LogP contribution in [0.2, 0.25) is 4.34 Å². The van der Waals surface area contributed by atoms with E-state index in [1.807, 2.05) is 6.07 Å². The molecule has 0 bridgehead atoms. The summed E-state index contributed by atoms with van der Waals surface area (Å²) in [6.45, 7) is 0.488. The molecule has 0 unspecified atom stereocenters. The van der Waals surface area contributed by atoms with Gasteiger partial charge in [-0.15, -0.1) is 11.3 Å². The smallest absolute Gasteiger partial charge is 0.247 e. The number of hydrogen-bond donors (Lipinski definition) is 2. The van der Waals surface area contributed by atoms with Crippen LogP contribution in [0.5, 0.6) is 0 Å². The average Bonchev–Trinajstić information content (AvgIpc) is 3.72. The molecular formula is C27H28ClN5O6S2. The molecule has 2 aromatic heterocycles. The number of sulfonamides is 1. The van der Waals surface area contributed by atoms with Gasteiger partial charge in [-0.05, 0) is 56.0 Å². The molecule has 2 fully saturated rings. The number of anilines is 1. The summed E-state index contributed by atoms with van der Waals surface area (Å²) in [5.74, 6) is -0.580. The maximum Gasteiger partial charge on any atom is 0.247 e. The van der Waals surface area contributed by atoms with E-state index >= 15 is 0 Å². The van der Waals surface area contributed by atoms with Crippen LogP contribution in [0.3, 0.4) is 0 Å². The van der Waals surface area contributed by atoms with Gasteiger partial charge in [0.1, 0.15) is 12.1 Å². The number of benzene rings is 1. The number of carbonyl (C=O) groups is 3. The standard InChI is InChI=1S/C27H28ClN5O6S2/c28-24-9-8-20(40-24)10-13-41(37,38)31-21-6-2-11-32(27(21)36)16-25(34)33-12-3-7-22(33)26(35)30-19-5-1-4-18(14-19)23-15-29-17-39-23/h1,4-5,8-10,13-15,17,21-22,31H,2-3,6-7,11-12,16H2,(H,30,35)/b13-10+/t21-,22-/m0/s1. The molecule has 2 saturated heterocycles. The monoisotopic (exact) mass is 617 g/mol. The Balaban J connectivity index is 1.18. The molecule has 0 saturated carbocycles. The Hall–Kier alpha value is -3.52. The molecule has 1 aromatic carbocycles. The number of rotatable bonds is 9. The number of likely N-dealkylation sites (tertiary alicyclic amines) is 2. The third-order valence-corrected chi connectivity index (χ3v) is 9.20. The zero-order valence-electron chi connectivity index (χ0n) is 21.9. The topological polar surface area (TPSA) is 142 Å². The Morgan fingerprint density at radius 1 is 1.17 bits per heavy atom. The number of piperidine rings is 1. The second-order valence-corrected chi connectivity index (χ2v) is 13.1. The van der Waals surface area contributed by atoms with Gasteiger partial charge in [-0.25, -0.2) is 13.4 Å². The fourth-order valence-corrected chi connectivity index (χ4v) is 7.01. The van der Waals surface area contributed by atoms with Gasteiger partial charge in [-0.2, -0.15) is 4.72 Å². The fraction of sp³-hybridized carbons (Fsp3) is 0.333. The summed E-state index contributed by atoms with van der Waals surface area (Å²) in [6, 6.07) is 8.83. The van der Waals surface area contributed by atoms with Crippen LogP contribution in [-0.4, -0.2) is 72.6 Å². The summed E-state index contributed by atoms with van der Waals surface area (Å²) < 4.78 is 33.5. The van der Waals surface area contributed by atoms with Gasteiger partial charge in [-0.3, -0.25) is 14.4 Å². The van der Waals surface area contributed by atoms with Crippen LogP contribution in [-0.2, 0) is 24.4 Å². The van der Waals surface area contributed by atoms with Gasteiger partial charge in [-0.1, -0.05) is 23.7 Å². The number of carbonyl (C=O) groups excluding carboxylic acids is 3. The highest BCUT2D eigenvalue weighted by Gasteiger charge is 2.37. The lowest BCUT2D eigenvalue weighted by Crippen LogP contribution is -2.55. The third kappa shape index (κ3) is 7.22.